The van der Waals surface area contributed by atoms with E-state index in [9.17, 15) is 31.2 Å². The number of sulfone groups is 1. The SMILES string of the molecule is C[C@H]1CCN(C(=O)C2CCN(C(=O)c3ccc(C(F)(F)F)cc3)CC2)CCS1(=O)=O. The second kappa shape index (κ2) is 8.56. The lowest BCUT2D eigenvalue weighted by Gasteiger charge is -2.34. The van der Waals surface area contributed by atoms with Gasteiger partial charge in [0.1, 0.15) is 0 Å². The molecule has 0 aromatic heterocycles. The predicted octanol–water partition coefficient (Wildman–Crippen LogP) is 2.59. The summed E-state index contributed by atoms with van der Waals surface area (Å²) in [5.74, 6) is -0.756. The van der Waals surface area contributed by atoms with E-state index in [-0.39, 0.29) is 35.6 Å². The highest BCUT2D eigenvalue weighted by molar-refractivity contribution is 7.92. The van der Waals surface area contributed by atoms with Crippen LogP contribution in [0.5, 0.6) is 0 Å². The van der Waals surface area contributed by atoms with Crippen molar-refractivity contribution in [3.8, 4) is 0 Å². The van der Waals surface area contributed by atoms with Crippen molar-refractivity contribution < 1.29 is 31.2 Å². The Kier molecular flexibility index (Phi) is 6.45. The Morgan fingerprint density at radius 1 is 0.933 bits per heavy atom. The van der Waals surface area contributed by atoms with Gasteiger partial charge in [-0.15, -0.1) is 0 Å². The molecule has 0 N–H and O–H groups in total. The third-order valence-electron chi connectivity index (χ3n) is 5.97. The molecular weight excluding hydrogens is 421 g/mol. The molecule has 3 rings (SSSR count). The number of hydrogen-bond donors (Lipinski definition) is 0. The Morgan fingerprint density at radius 2 is 1.50 bits per heavy atom. The maximum atomic E-state index is 12.8. The fourth-order valence-electron chi connectivity index (χ4n) is 3.86. The molecule has 1 aromatic carbocycles. The van der Waals surface area contributed by atoms with Gasteiger partial charge in [0.05, 0.1) is 16.6 Å². The smallest absolute Gasteiger partial charge is 0.341 e. The fraction of sp³-hybridized carbons (Fsp3) is 0.600. The van der Waals surface area contributed by atoms with Gasteiger partial charge in [0.2, 0.25) is 5.91 Å². The molecule has 0 spiro atoms. The monoisotopic (exact) mass is 446 g/mol. The van der Waals surface area contributed by atoms with Crippen molar-refractivity contribution in [1.29, 1.82) is 0 Å². The largest absolute Gasteiger partial charge is 0.416 e. The maximum Gasteiger partial charge on any atom is 0.416 e. The van der Waals surface area contributed by atoms with Gasteiger partial charge in [-0.3, -0.25) is 9.59 Å². The first-order chi connectivity index (χ1) is 14.0. The number of piperidine rings is 1. The van der Waals surface area contributed by atoms with Gasteiger partial charge < -0.3 is 9.80 Å². The summed E-state index contributed by atoms with van der Waals surface area (Å²) in [6.45, 7) is 2.92. The van der Waals surface area contributed by atoms with Crippen LogP contribution in [0.4, 0.5) is 13.2 Å². The average Bonchev–Trinajstić information content (AvgIpc) is 2.85. The third kappa shape index (κ3) is 4.96. The van der Waals surface area contributed by atoms with Crippen molar-refractivity contribution in [2.45, 2.75) is 37.6 Å². The third-order valence-corrected chi connectivity index (χ3v) is 8.18. The van der Waals surface area contributed by atoms with E-state index in [2.05, 4.69) is 0 Å². The van der Waals surface area contributed by atoms with E-state index in [4.69, 9.17) is 0 Å². The number of carbonyl (C=O) groups excluding carboxylic acids is 2. The number of likely N-dealkylation sites (tertiary alicyclic amines) is 1. The molecule has 6 nitrogen and oxygen atoms in total. The van der Waals surface area contributed by atoms with Gasteiger partial charge in [-0.05, 0) is 50.5 Å². The van der Waals surface area contributed by atoms with Crippen molar-refractivity contribution in [2.75, 3.05) is 31.9 Å². The topological polar surface area (TPSA) is 74.8 Å². The number of hydrogen-bond acceptors (Lipinski definition) is 4. The van der Waals surface area contributed by atoms with E-state index in [1.165, 1.54) is 12.1 Å². The molecule has 30 heavy (non-hydrogen) atoms. The Hall–Kier alpha value is -2.10. The standard InChI is InChI=1S/C20H25F3N2O4S/c1-14-6-9-25(12-13-30(14,28)29)19(27)16-7-10-24(11-8-16)18(26)15-2-4-17(5-3-15)20(21,22)23/h2-5,14,16H,6-13H2,1H3/t14-/m0/s1. The fourth-order valence-corrected chi connectivity index (χ4v) is 5.20. The first kappa shape index (κ1) is 22.6. The number of rotatable bonds is 2. The van der Waals surface area contributed by atoms with Crippen molar-refractivity contribution >= 4 is 21.7 Å². The van der Waals surface area contributed by atoms with Crippen LogP contribution in [-0.4, -0.2) is 67.2 Å². The van der Waals surface area contributed by atoms with Gasteiger partial charge in [0.15, 0.2) is 9.84 Å². The summed E-state index contributed by atoms with van der Waals surface area (Å²) in [6.07, 6.45) is -3.14. The second-order valence-corrected chi connectivity index (χ2v) is 10.5. The Labute approximate surface area is 173 Å². The number of alkyl halides is 3. The maximum absolute atomic E-state index is 12.8. The molecule has 2 aliphatic rings. The van der Waals surface area contributed by atoms with Crippen LogP contribution in [-0.2, 0) is 20.8 Å². The molecule has 0 aliphatic carbocycles. The van der Waals surface area contributed by atoms with Gasteiger partial charge in [0, 0.05) is 37.7 Å². The summed E-state index contributed by atoms with van der Waals surface area (Å²) < 4.78 is 62.1. The van der Waals surface area contributed by atoms with Gasteiger partial charge in [-0.25, -0.2) is 8.42 Å². The van der Waals surface area contributed by atoms with E-state index < -0.39 is 26.8 Å². The van der Waals surface area contributed by atoms with Crippen molar-refractivity contribution in [3.63, 3.8) is 0 Å². The van der Waals surface area contributed by atoms with Crippen molar-refractivity contribution in [1.82, 2.24) is 9.80 Å². The Bertz CT molecular complexity index is 892. The van der Waals surface area contributed by atoms with Crippen LogP contribution in [0.2, 0.25) is 0 Å². The average molecular weight is 446 g/mol. The molecule has 166 valence electrons. The molecule has 2 fully saturated rings. The van der Waals surface area contributed by atoms with Crippen LogP contribution in [0, 0.1) is 5.92 Å². The Balaban J connectivity index is 1.56. The first-order valence-electron chi connectivity index (χ1n) is 9.96. The predicted molar refractivity (Wildman–Crippen MR) is 105 cm³/mol. The lowest BCUT2D eigenvalue weighted by Crippen LogP contribution is -2.45. The second-order valence-electron chi connectivity index (χ2n) is 7.93. The zero-order valence-corrected chi connectivity index (χ0v) is 17.5. The van der Waals surface area contributed by atoms with Gasteiger partial charge in [-0.2, -0.15) is 13.2 Å². The number of amides is 2. The number of carbonyl (C=O) groups is 2. The summed E-state index contributed by atoms with van der Waals surface area (Å²) in [6, 6.07) is 4.11. The first-order valence-corrected chi connectivity index (χ1v) is 11.7. The summed E-state index contributed by atoms with van der Waals surface area (Å²) in [5.41, 5.74) is -0.628. The van der Waals surface area contributed by atoms with E-state index >= 15 is 0 Å². The highest BCUT2D eigenvalue weighted by Crippen LogP contribution is 2.29. The minimum atomic E-state index is -4.45. The summed E-state index contributed by atoms with van der Waals surface area (Å²) >= 11 is 0. The highest BCUT2D eigenvalue weighted by Gasteiger charge is 2.34. The molecule has 2 amide bonds. The minimum absolute atomic E-state index is 0.0365. The lowest BCUT2D eigenvalue weighted by molar-refractivity contribution is -0.138. The van der Waals surface area contributed by atoms with E-state index in [0.717, 1.165) is 12.1 Å². The molecular formula is C20H25F3N2O4S. The molecule has 1 atom stereocenters. The lowest BCUT2D eigenvalue weighted by atomic mass is 9.94. The summed E-state index contributed by atoms with van der Waals surface area (Å²) in [5, 5.41) is -0.460. The van der Waals surface area contributed by atoms with Crippen LogP contribution in [0.25, 0.3) is 0 Å². The highest BCUT2D eigenvalue weighted by atomic mass is 32.2. The van der Waals surface area contributed by atoms with E-state index in [1.54, 1.807) is 16.7 Å². The van der Waals surface area contributed by atoms with Gasteiger partial charge in [0.25, 0.3) is 5.91 Å². The molecule has 2 heterocycles. The van der Waals surface area contributed by atoms with E-state index in [0.29, 0.717) is 38.9 Å². The van der Waals surface area contributed by atoms with E-state index in [1.807, 2.05) is 0 Å². The minimum Gasteiger partial charge on any atom is -0.341 e. The number of benzene rings is 1. The van der Waals surface area contributed by atoms with Crippen LogP contribution >= 0.6 is 0 Å². The van der Waals surface area contributed by atoms with Crippen LogP contribution in [0.1, 0.15) is 42.1 Å². The quantitative estimate of drug-likeness (QED) is 0.700. The normalized spacial score (nSPS) is 23.1. The molecule has 2 aliphatic heterocycles. The molecule has 1 aromatic rings. The zero-order chi connectivity index (χ0) is 22.1. The molecule has 2 saturated heterocycles. The summed E-state index contributed by atoms with van der Waals surface area (Å²) in [7, 11) is -3.18. The molecule has 0 saturated carbocycles. The number of nitrogens with zero attached hydrogens (tertiary/aromatic N) is 2. The molecule has 0 radical (unpaired) electrons. The molecule has 10 heteroatoms. The van der Waals surface area contributed by atoms with Crippen LogP contribution in [0.15, 0.2) is 24.3 Å². The van der Waals surface area contributed by atoms with Crippen molar-refractivity contribution in [3.05, 3.63) is 35.4 Å². The summed E-state index contributed by atoms with van der Waals surface area (Å²) in [4.78, 5) is 28.6. The number of halogens is 3. The Morgan fingerprint density at radius 3 is 2.07 bits per heavy atom. The van der Waals surface area contributed by atoms with Crippen LogP contribution < -0.4 is 0 Å². The van der Waals surface area contributed by atoms with Crippen LogP contribution in [0.3, 0.4) is 0 Å². The molecule has 0 bridgehead atoms. The van der Waals surface area contributed by atoms with Crippen molar-refractivity contribution in [2.24, 2.45) is 5.92 Å². The molecule has 0 unspecified atom stereocenters. The van der Waals surface area contributed by atoms with Gasteiger partial charge >= 0.3 is 6.18 Å². The van der Waals surface area contributed by atoms with Gasteiger partial charge in [-0.1, -0.05) is 0 Å². The zero-order valence-electron chi connectivity index (χ0n) is 16.7.